The molecule has 7 heteroatoms. The molecular weight excluding hydrogens is 293 g/mol. The molecule has 2 heterocycles. The van der Waals surface area contributed by atoms with Crippen molar-refractivity contribution in [1.29, 1.82) is 0 Å². The molecule has 0 spiro atoms. The standard InChI is InChI=1S/C15H15F3N4/c16-15(17,18)11-5-2-1-4-10(11)12-6-3-7-22(12)14-8-13(19)20-9-21-14/h1-2,4-5,8-9,12H,3,6-7H2,(H2,19,20,21). The molecule has 2 aromatic rings. The van der Waals surface area contributed by atoms with E-state index in [9.17, 15) is 13.2 Å². The second-order valence-electron chi connectivity index (χ2n) is 5.24. The maximum Gasteiger partial charge on any atom is 0.416 e. The van der Waals surface area contributed by atoms with Crippen LogP contribution in [0, 0.1) is 0 Å². The highest BCUT2D eigenvalue weighted by Crippen LogP contribution is 2.41. The van der Waals surface area contributed by atoms with Crippen LogP contribution in [0.4, 0.5) is 24.8 Å². The van der Waals surface area contributed by atoms with Gasteiger partial charge in [0, 0.05) is 12.6 Å². The van der Waals surface area contributed by atoms with Crippen molar-refractivity contribution in [3.05, 3.63) is 47.8 Å². The fraction of sp³-hybridized carbons (Fsp3) is 0.333. The Labute approximate surface area is 125 Å². The van der Waals surface area contributed by atoms with Crippen molar-refractivity contribution in [3.63, 3.8) is 0 Å². The van der Waals surface area contributed by atoms with Crippen LogP contribution in [0.3, 0.4) is 0 Å². The van der Waals surface area contributed by atoms with Gasteiger partial charge in [-0.25, -0.2) is 9.97 Å². The molecule has 116 valence electrons. The van der Waals surface area contributed by atoms with Gasteiger partial charge in [-0.15, -0.1) is 0 Å². The van der Waals surface area contributed by atoms with E-state index in [0.717, 1.165) is 12.5 Å². The number of alkyl halides is 3. The Morgan fingerprint density at radius 1 is 1.18 bits per heavy atom. The average Bonchev–Trinajstić information content (AvgIpc) is 2.95. The lowest BCUT2D eigenvalue weighted by Gasteiger charge is -2.28. The van der Waals surface area contributed by atoms with Gasteiger partial charge >= 0.3 is 6.18 Å². The van der Waals surface area contributed by atoms with Gasteiger partial charge < -0.3 is 10.6 Å². The predicted octanol–water partition coefficient (Wildman–Crippen LogP) is 3.42. The molecule has 2 N–H and O–H groups in total. The Morgan fingerprint density at radius 3 is 2.68 bits per heavy atom. The summed E-state index contributed by atoms with van der Waals surface area (Å²) in [7, 11) is 0. The van der Waals surface area contributed by atoms with Crippen molar-refractivity contribution in [3.8, 4) is 0 Å². The molecular formula is C15H15F3N4. The van der Waals surface area contributed by atoms with Crippen molar-refractivity contribution >= 4 is 11.6 Å². The smallest absolute Gasteiger partial charge is 0.384 e. The normalized spacial score (nSPS) is 18.7. The quantitative estimate of drug-likeness (QED) is 0.923. The van der Waals surface area contributed by atoms with E-state index in [-0.39, 0.29) is 11.6 Å². The summed E-state index contributed by atoms with van der Waals surface area (Å²) in [6.07, 6.45) is -1.58. The van der Waals surface area contributed by atoms with Crippen molar-refractivity contribution in [1.82, 2.24) is 9.97 Å². The summed E-state index contributed by atoms with van der Waals surface area (Å²) in [5.41, 5.74) is 5.34. The number of nitrogens with two attached hydrogens (primary N) is 1. The molecule has 0 radical (unpaired) electrons. The molecule has 1 unspecified atom stereocenters. The lowest BCUT2D eigenvalue weighted by Crippen LogP contribution is -2.26. The third-order valence-corrected chi connectivity index (χ3v) is 3.85. The lowest BCUT2D eigenvalue weighted by atomic mass is 9.98. The van der Waals surface area contributed by atoms with Gasteiger partial charge in [0.05, 0.1) is 11.6 Å². The average molecular weight is 308 g/mol. The SMILES string of the molecule is Nc1cc(N2CCCC2c2ccccc2C(F)(F)F)ncn1. The van der Waals surface area contributed by atoms with Gasteiger partial charge in [0.2, 0.25) is 0 Å². The van der Waals surface area contributed by atoms with Crippen molar-refractivity contribution in [2.24, 2.45) is 0 Å². The van der Waals surface area contributed by atoms with Crippen LogP contribution in [0.25, 0.3) is 0 Å². The molecule has 0 aliphatic carbocycles. The van der Waals surface area contributed by atoms with Crippen LogP contribution >= 0.6 is 0 Å². The summed E-state index contributed by atoms with van der Waals surface area (Å²) in [6.45, 7) is 0.646. The highest BCUT2D eigenvalue weighted by atomic mass is 19.4. The zero-order chi connectivity index (χ0) is 15.7. The molecule has 1 aliphatic heterocycles. The summed E-state index contributed by atoms with van der Waals surface area (Å²) in [5.74, 6) is 0.867. The largest absolute Gasteiger partial charge is 0.416 e. The fourth-order valence-corrected chi connectivity index (χ4v) is 2.93. The van der Waals surface area contributed by atoms with E-state index in [1.54, 1.807) is 12.1 Å². The molecule has 1 aromatic heterocycles. The van der Waals surface area contributed by atoms with Crippen molar-refractivity contribution < 1.29 is 13.2 Å². The number of rotatable bonds is 2. The molecule has 1 aliphatic rings. The van der Waals surface area contributed by atoms with Gasteiger partial charge in [-0.3, -0.25) is 0 Å². The Kier molecular flexibility index (Phi) is 3.64. The Bertz CT molecular complexity index is 672. The van der Waals surface area contributed by atoms with Crippen molar-refractivity contribution in [2.45, 2.75) is 25.1 Å². The first-order chi connectivity index (χ1) is 10.5. The summed E-state index contributed by atoms with van der Waals surface area (Å²) in [5, 5.41) is 0. The highest BCUT2D eigenvalue weighted by Gasteiger charge is 2.38. The van der Waals surface area contributed by atoms with E-state index in [2.05, 4.69) is 9.97 Å². The molecule has 0 bridgehead atoms. The first kappa shape index (κ1) is 14.6. The Balaban J connectivity index is 2.01. The maximum absolute atomic E-state index is 13.2. The number of nitrogens with zero attached hydrogens (tertiary/aromatic N) is 3. The van der Waals surface area contributed by atoms with Crippen LogP contribution in [-0.4, -0.2) is 16.5 Å². The maximum atomic E-state index is 13.2. The van der Waals surface area contributed by atoms with Gasteiger partial charge in [0.15, 0.2) is 0 Å². The predicted molar refractivity (Wildman–Crippen MR) is 77.2 cm³/mol. The summed E-state index contributed by atoms with van der Waals surface area (Å²) < 4.78 is 39.7. The Morgan fingerprint density at radius 2 is 1.95 bits per heavy atom. The fourth-order valence-electron chi connectivity index (χ4n) is 2.93. The van der Waals surface area contributed by atoms with E-state index in [4.69, 9.17) is 5.73 Å². The van der Waals surface area contributed by atoms with Crippen molar-refractivity contribution in [2.75, 3.05) is 17.2 Å². The number of nitrogen functional groups attached to an aromatic ring is 1. The summed E-state index contributed by atoms with van der Waals surface area (Å²) in [4.78, 5) is 9.83. The molecule has 1 aromatic carbocycles. The molecule has 22 heavy (non-hydrogen) atoms. The van der Waals surface area contributed by atoms with E-state index in [1.807, 2.05) is 4.90 Å². The van der Waals surface area contributed by atoms with Crippen LogP contribution < -0.4 is 10.6 Å². The molecule has 3 rings (SSSR count). The number of hydrogen-bond acceptors (Lipinski definition) is 4. The zero-order valence-corrected chi connectivity index (χ0v) is 11.7. The van der Waals surface area contributed by atoms with Crippen LogP contribution in [0.2, 0.25) is 0 Å². The number of halogens is 3. The minimum Gasteiger partial charge on any atom is -0.384 e. The topological polar surface area (TPSA) is 55.0 Å². The highest BCUT2D eigenvalue weighted by molar-refractivity contribution is 5.50. The van der Waals surface area contributed by atoms with Gasteiger partial charge in [-0.1, -0.05) is 18.2 Å². The number of anilines is 2. The zero-order valence-electron chi connectivity index (χ0n) is 11.7. The number of benzene rings is 1. The van der Waals surface area contributed by atoms with Gasteiger partial charge in [-0.2, -0.15) is 13.2 Å². The molecule has 1 atom stereocenters. The minimum absolute atomic E-state index is 0.282. The van der Waals surface area contributed by atoms with E-state index < -0.39 is 11.7 Å². The molecule has 4 nitrogen and oxygen atoms in total. The number of hydrogen-bond donors (Lipinski definition) is 1. The second-order valence-corrected chi connectivity index (χ2v) is 5.24. The van der Waals surface area contributed by atoms with Crippen LogP contribution in [0.1, 0.15) is 30.0 Å². The molecule has 0 amide bonds. The third-order valence-electron chi connectivity index (χ3n) is 3.85. The van der Waals surface area contributed by atoms with Crippen LogP contribution in [0.5, 0.6) is 0 Å². The molecule has 1 saturated heterocycles. The Hall–Kier alpha value is -2.31. The summed E-state index contributed by atoms with van der Waals surface area (Å²) in [6, 6.07) is 6.95. The van der Waals surface area contributed by atoms with Gasteiger partial charge in [-0.05, 0) is 24.5 Å². The first-order valence-electron chi connectivity index (χ1n) is 6.97. The number of aromatic nitrogens is 2. The van der Waals surface area contributed by atoms with Crippen LogP contribution in [0.15, 0.2) is 36.7 Å². The molecule has 0 saturated carbocycles. The van der Waals surface area contributed by atoms with E-state index in [1.165, 1.54) is 18.5 Å². The van der Waals surface area contributed by atoms with E-state index in [0.29, 0.717) is 24.6 Å². The van der Waals surface area contributed by atoms with Crippen LogP contribution in [-0.2, 0) is 6.18 Å². The van der Waals surface area contributed by atoms with Gasteiger partial charge in [0.1, 0.15) is 18.0 Å². The minimum atomic E-state index is -4.37. The third kappa shape index (κ3) is 2.70. The summed E-state index contributed by atoms with van der Waals surface area (Å²) >= 11 is 0. The van der Waals surface area contributed by atoms with E-state index >= 15 is 0 Å². The lowest BCUT2D eigenvalue weighted by molar-refractivity contribution is -0.138. The van der Waals surface area contributed by atoms with Gasteiger partial charge in [0.25, 0.3) is 0 Å². The monoisotopic (exact) mass is 308 g/mol. The first-order valence-corrected chi connectivity index (χ1v) is 6.97. The second kappa shape index (κ2) is 5.47. The molecule has 1 fully saturated rings.